The first kappa shape index (κ1) is 19.2. The molecule has 0 aliphatic heterocycles. The van der Waals surface area contributed by atoms with Crippen molar-refractivity contribution in [2.45, 2.75) is 12.8 Å². The number of rotatable bonds is 3. The van der Waals surface area contributed by atoms with E-state index < -0.39 is 0 Å². The summed E-state index contributed by atoms with van der Waals surface area (Å²) in [6, 6.07) is 12.0. The van der Waals surface area contributed by atoms with Crippen molar-refractivity contribution in [2.24, 2.45) is 0 Å². The molecule has 0 aliphatic rings. The van der Waals surface area contributed by atoms with E-state index in [1.165, 1.54) is 0 Å². The van der Waals surface area contributed by atoms with Crippen molar-refractivity contribution in [3.05, 3.63) is 60.2 Å². The molecular weight excluding hydrogens is 397 g/mol. The first-order chi connectivity index (χ1) is 6.95. The number of hydrogen-bond donors (Lipinski definition) is 0. The van der Waals surface area contributed by atoms with E-state index in [0.717, 1.165) is 24.2 Å². The molecule has 2 rings (SSSR count). The molecule has 0 fully saturated rings. The van der Waals surface area contributed by atoms with Gasteiger partial charge in [0.15, 0.2) is 0 Å². The Labute approximate surface area is 136 Å². The smallest absolute Gasteiger partial charge is 1.00 e. The van der Waals surface area contributed by atoms with Crippen molar-refractivity contribution in [3.8, 4) is 0 Å². The zero-order valence-electron chi connectivity index (χ0n) is 9.39. The maximum Gasteiger partial charge on any atom is 2.00 e. The molecule has 0 saturated heterocycles. The average molecular weight is 409 g/mol. The first-order valence-corrected chi connectivity index (χ1v) is 4.75. The van der Waals surface area contributed by atoms with Crippen LogP contribution in [0.3, 0.4) is 0 Å². The summed E-state index contributed by atoms with van der Waals surface area (Å²) in [5.41, 5.74) is 2.25. The Morgan fingerprint density at radius 2 is 1.12 bits per heavy atom. The Balaban J connectivity index is 0. The number of aryl methyl sites for hydroxylation is 2. The molecule has 0 bridgehead atoms. The van der Waals surface area contributed by atoms with Crippen LogP contribution in [-0.2, 0) is 32.3 Å². The van der Waals surface area contributed by atoms with Crippen LogP contribution >= 0.6 is 0 Å². The summed E-state index contributed by atoms with van der Waals surface area (Å²) in [5.74, 6) is 0. The van der Waals surface area contributed by atoms with Crippen molar-refractivity contribution >= 4 is 0 Å². The molecule has 5 heteroatoms. The molecule has 2 nitrogen and oxygen atoms in total. The molecule has 0 unspecified atom stereocenters. The van der Waals surface area contributed by atoms with Crippen LogP contribution in [0, 0.1) is 0 Å². The van der Waals surface area contributed by atoms with Gasteiger partial charge in [0.25, 0.3) is 0 Å². The summed E-state index contributed by atoms with van der Waals surface area (Å²) < 4.78 is 0. The van der Waals surface area contributed by atoms with Crippen LogP contribution in [0.5, 0.6) is 0 Å². The molecule has 86 valence electrons. The summed E-state index contributed by atoms with van der Waals surface area (Å²) >= 11 is 0. The van der Waals surface area contributed by atoms with Gasteiger partial charge < -0.3 is 34.0 Å². The van der Waals surface area contributed by atoms with Crippen LogP contribution < -0.4 is 34.0 Å². The van der Waals surface area contributed by atoms with E-state index in [1.807, 2.05) is 48.8 Å². The van der Waals surface area contributed by atoms with E-state index >= 15 is 0 Å². The third kappa shape index (κ3) is 7.02. The van der Waals surface area contributed by atoms with E-state index in [-0.39, 0.29) is 53.4 Å². The van der Waals surface area contributed by atoms with Gasteiger partial charge in [-0.1, -0.05) is 12.1 Å². The maximum atomic E-state index is 4.27. The molecule has 0 radical (unpaired) electrons. The van der Waals surface area contributed by atoms with Crippen LogP contribution in [0.4, 0.5) is 0 Å². The summed E-state index contributed by atoms with van der Waals surface area (Å²) in [5, 5.41) is 0. The predicted molar refractivity (Wildman–Crippen MR) is 55.9 cm³/mol. The summed E-state index contributed by atoms with van der Waals surface area (Å²) in [6.45, 7) is 0. The van der Waals surface area contributed by atoms with Crippen LogP contribution in [0.1, 0.15) is 11.4 Å². The maximum absolute atomic E-state index is 4.27. The van der Waals surface area contributed by atoms with Crippen LogP contribution in [0.15, 0.2) is 48.8 Å². The molecule has 0 N–H and O–H groups in total. The average Bonchev–Trinajstić information content (AvgIpc) is 2.29. The van der Waals surface area contributed by atoms with Gasteiger partial charge in [-0.25, -0.2) is 0 Å². The molecule has 0 aromatic carbocycles. The quantitative estimate of drug-likeness (QED) is 0.488. The van der Waals surface area contributed by atoms with Gasteiger partial charge in [0.1, 0.15) is 0 Å². The SMILES string of the molecule is [Br-].[Br-].[Zn+2].c1ccc(CCc2ccccn2)nc1. The van der Waals surface area contributed by atoms with Crippen molar-refractivity contribution in [1.82, 2.24) is 9.97 Å². The van der Waals surface area contributed by atoms with Crippen molar-refractivity contribution in [2.75, 3.05) is 0 Å². The molecule has 2 aromatic heterocycles. The van der Waals surface area contributed by atoms with E-state index in [0.29, 0.717) is 0 Å². The van der Waals surface area contributed by atoms with Crippen LogP contribution in [-0.4, -0.2) is 9.97 Å². The Kier molecular flexibility index (Phi) is 12.4. The fourth-order valence-electron chi connectivity index (χ4n) is 1.35. The third-order valence-corrected chi connectivity index (χ3v) is 2.09. The first-order valence-electron chi connectivity index (χ1n) is 4.75. The number of aromatic nitrogens is 2. The van der Waals surface area contributed by atoms with Gasteiger partial charge >= 0.3 is 19.5 Å². The second kappa shape index (κ2) is 11.0. The fourth-order valence-corrected chi connectivity index (χ4v) is 1.35. The number of pyridine rings is 2. The van der Waals surface area contributed by atoms with Gasteiger partial charge in [0, 0.05) is 23.8 Å². The second-order valence-corrected chi connectivity index (χ2v) is 3.14. The van der Waals surface area contributed by atoms with Crippen LogP contribution in [0.25, 0.3) is 0 Å². The summed E-state index contributed by atoms with van der Waals surface area (Å²) in [4.78, 5) is 8.53. The number of hydrogen-bond acceptors (Lipinski definition) is 2. The second-order valence-electron chi connectivity index (χ2n) is 3.14. The Bertz CT molecular complexity index is 345. The molecule has 2 heterocycles. The fraction of sp³-hybridized carbons (Fsp3) is 0.167. The van der Waals surface area contributed by atoms with Crippen molar-refractivity contribution < 1.29 is 53.4 Å². The van der Waals surface area contributed by atoms with Gasteiger partial charge in [-0.2, -0.15) is 0 Å². The Morgan fingerprint density at radius 3 is 1.41 bits per heavy atom. The molecule has 17 heavy (non-hydrogen) atoms. The van der Waals surface area contributed by atoms with Gasteiger partial charge in [-0.15, -0.1) is 0 Å². The topological polar surface area (TPSA) is 25.8 Å². The molecule has 0 saturated carbocycles. The standard InChI is InChI=1S/C12H12N2.2BrH.Zn/c1-3-9-13-11(5-1)7-8-12-6-2-4-10-14-12;;;/h1-6,9-10H,7-8H2;2*1H;/q;;;+2/p-2. The monoisotopic (exact) mass is 406 g/mol. The Morgan fingerprint density at radius 1 is 0.706 bits per heavy atom. The van der Waals surface area contributed by atoms with Gasteiger partial charge in [-0.05, 0) is 37.1 Å². The molecule has 0 atom stereocenters. The van der Waals surface area contributed by atoms with Gasteiger partial charge in [0.05, 0.1) is 0 Å². The molecule has 2 aromatic rings. The van der Waals surface area contributed by atoms with Crippen LogP contribution in [0.2, 0.25) is 0 Å². The normalized spacial score (nSPS) is 8.24. The molecule has 0 spiro atoms. The largest absolute Gasteiger partial charge is 2.00 e. The van der Waals surface area contributed by atoms with Gasteiger partial charge in [0.2, 0.25) is 0 Å². The predicted octanol–water partition coefficient (Wildman–Crippen LogP) is -3.73. The van der Waals surface area contributed by atoms with Crippen molar-refractivity contribution in [3.63, 3.8) is 0 Å². The van der Waals surface area contributed by atoms with E-state index in [9.17, 15) is 0 Å². The van der Waals surface area contributed by atoms with E-state index in [1.54, 1.807) is 0 Å². The molecular formula is C12H12Br2N2Zn. The number of halogens is 2. The van der Waals surface area contributed by atoms with Gasteiger partial charge in [-0.3, -0.25) is 9.97 Å². The van der Waals surface area contributed by atoms with E-state index in [2.05, 4.69) is 9.97 Å². The zero-order chi connectivity index (χ0) is 9.64. The third-order valence-electron chi connectivity index (χ3n) is 2.09. The molecule has 0 amide bonds. The minimum absolute atomic E-state index is 0. The molecule has 0 aliphatic carbocycles. The summed E-state index contributed by atoms with van der Waals surface area (Å²) in [6.07, 6.45) is 5.57. The minimum atomic E-state index is 0. The minimum Gasteiger partial charge on any atom is -1.00 e. The Hall–Kier alpha value is -0.117. The zero-order valence-corrected chi connectivity index (χ0v) is 15.5. The number of nitrogens with zero attached hydrogens (tertiary/aromatic N) is 2. The van der Waals surface area contributed by atoms with Crippen molar-refractivity contribution in [1.29, 1.82) is 0 Å². The van der Waals surface area contributed by atoms with E-state index in [4.69, 9.17) is 0 Å². The summed E-state index contributed by atoms with van der Waals surface area (Å²) in [7, 11) is 0.